The van der Waals surface area contributed by atoms with E-state index in [2.05, 4.69) is 5.32 Å². The fourth-order valence-corrected chi connectivity index (χ4v) is 5.36. The second kappa shape index (κ2) is 11.4. The number of sulfonamides is 1. The largest absolute Gasteiger partial charge is 0.348 e. The summed E-state index contributed by atoms with van der Waals surface area (Å²) in [6, 6.07) is 17.8. The monoisotopic (exact) mass is 520 g/mol. The number of aryl methyl sites for hydroxylation is 1. The number of carbonyl (C=O) groups is 1. The van der Waals surface area contributed by atoms with Crippen LogP contribution in [0.15, 0.2) is 76.5 Å². The van der Waals surface area contributed by atoms with Crippen molar-refractivity contribution in [3.05, 3.63) is 94.3 Å². The molecule has 34 heavy (non-hydrogen) atoms. The summed E-state index contributed by atoms with van der Waals surface area (Å²) in [4.78, 5) is 14.0. The molecule has 1 N–H and O–H groups in total. The lowest BCUT2D eigenvalue weighted by Gasteiger charge is -2.24. The lowest BCUT2D eigenvalue weighted by molar-refractivity contribution is -0.122. The van der Waals surface area contributed by atoms with E-state index < -0.39 is 28.3 Å². The summed E-state index contributed by atoms with van der Waals surface area (Å²) in [6.07, 6.45) is 1.98. The molecule has 1 amide bonds. The Morgan fingerprint density at radius 2 is 1.74 bits per heavy atom. The molecule has 3 aromatic carbocycles. The summed E-state index contributed by atoms with van der Waals surface area (Å²) in [5.41, 5.74) is 1.78. The van der Waals surface area contributed by atoms with Gasteiger partial charge in [0.2, 0.25) is 15.9 Å². The van der Waals surface area contributed by atoms with Crippen molar-refractivity contribution in [2.45, 2.75) is 36.2 Å². The molecule has 0 fully saturated rings. The third kappa shape index (κ3) is 6.39. The molecule has 9 heteroatoms. The van der Waals surface area contributed by atoms with Crippen molar-refractivity contribution in [2.24, 2.45) is 0 Å². The Morgan fingerprint density at radius 1 is 1.09 bits per heavy atom. The number of carbonyl (C=O) groups excluding carboxylic acids is 1. The van der Waals surface area contributed by atoms with Gasteiger partial charge in [0.05, 0.1) is 17.5 Å². The summed E-state index contributed by atoms with van der Waals surface area (Å²) in [6.45, 7) is 2.78. The molecule has 0 bridgehead atoms. The fourth-order valence-electron chi connectivity index (χ4n) is 3.37. The molecule has 0 heterocycles. The molecule has 5 nitrogen and oxygen atoms in total. The van der Waals surface area contributed by atoms with Gasteiger partial charge in [0.15, 0.2) is 0 Å². The fraction of sp³-hybridized carbons (Fsp3) is 0.240. The van der Waals surface area contributed by atoms with Crippen LogP contribution in [-0.4, -0.2) is 31.4 Å². The Kier molecular flexibility index (Phi) is 8.76. The van der Waals surface area contributed by atoms with Crippen molar-refractivity contribution in [2.75, 3.05) is 12.8 Å². The highest BCUT2D eigenvalue weighted by Gasteiger charge is 2.29. The summed E-state index contributed by atoms with van der Waals surface area (Å²) < 4.78 is 42.2. The molecule has 180 valence electrons. The third-order valence-corrected chi connectivity index (χ3v) is 8.27. The molecule has 3 rings (SSSR count). The van der Waals surface area contributed by atoms with Gasteiger partial charge in [0.25, 0.3) is 0 Å². The molecule has 0 radical (unpaired) electrons. The first-order chi connectivity index (χ1) is 16.1. The van der Waals surface area contributed by atoms with Crippen LogP contribution < -0.4 is 5.32 Å². The van der Waals surface area contributed by atoms with E-state index in [4.69, 9.17) is 11.6 Å². The molecule has 0 aliphatic carbocycles. The minimum atomic E-state index is -4.11. The van der Waals surface area contributed by atoms with Gasteiger partial charge in [-0.05, 0) is 62.1 Å². The molecule has 0 aliphatic rings. The Morgan fingerprint density at radius 3 is 2.32 bits per heavy atom. The number of hydrogen-bond acceptors (Lipinski definition) is 4. The van der Waals surface area contributed by atoms with Crippen molar-refractivity contribution in [3.8, 4) is 0 Å². The second-order valence-corrected chi connectivity index (χ2v) is 11.1. The first-order valence-corrected chi connectivity index (χ1v) is 13.6. The van der Waals surface area contributed by atoms with Gasteiger partial charge >= 0.3 is 0 Å². The van der Waals surface area contributed by atoms with Gasteiger partial charge in [-0.1, -0.05) is 47.5 Å². The summed E-state index contributed by atoms with van der Waals surface area (Å²) >= 11 is 7.77. The average molecular weight is 521 g/mol. The Balaban J connectivity index is 1.86. The van der Waals surface area contributed by atoms with E-state index in [1.165, 1.54) is 30.3 Å². The van der Waals surface area contributed by atoms with E-state index in [9.17, 15) is 17.6 Å². The van der Waals surface area contributed by atoms with Gasteiger partial charge < -0.3 is 5.32 Å². The van der Waals surface area contributed by atoms with Crippen LogP contribution in [0.5, 0.6) is 0 Å². The Hall–Kier alpha value is -2.39. The topological polar surface area (TPSA) is 66.5 Å². The van der Waals surface area contributed by atoms with Crippen LogP contribution in [0.3, 0.4) is 0 Å². The van der Waals surface area contributed by atoms with Gasteiger partial charge in [-0.2, -0.15) is 4.31 Å². The molecule has 0 aromatic heterocycles. The maximum atomic E-state index is 14.5. The minimum Gasteiger partial charge on any atom is -0.348 e. The molecule has 0 saturated carbocycles. The van der Waals surface area contributed by atoms with Crippen LogP contribution in [0.2, 0.25) is 5.02 Å². The number of thioether (sulfide) groups is 1. The number of amides is 1. The summed E-state index contributed by atoms with van der Waals surface area (Å²) in [5, 5.41) is 2.92. The van der Waals surface area contributed by atoms with Crippen LogP contribution in [0.25, 0.3) is 0 Å². The van der Waals surface area contributed by atoms with Gasteiger partial charge in [-0.25, -0.2) is 12.8 Å². The second-order valence-electron chi connectivity index (χ2n) is 7.85. The smallest absolute Gasteiger partial charge is 0.243 e. The minimum absolute atomic E-state index is 0.00774. The van der Waals surface area contributed by atoms with Crippen LogP contribution in [0.4, 0.5) is 4.39 Å². The zero-order valence-corrected chi connectivity index (χ0v) is 21.5. The first-order valence-electron chi connectivity index (χ1n) is 10.5. The van der Waals surface area contributed by atoms with Crippen molar-refractivity contribution in [3.63, 3.8) is 0 Å². The zero-order chi connectivity index (χ0) is 24.9. The molecule has 0 spiro atoms. The average Bonchev–Trinajstić information content (AvgIpc) is 2.81. The zero-order valence-electron chi connectivity index (χ0n) is 19.1. The molecule has 0 unspecified atom stereocenters. The van der Waals surface area contributed by atoms with E-state index >= 15 is 0 Å². The summed E-state index contributed by atoms with van der Waals surface area (Å²) in [7, 11) is -4.11. The van der Waals surface area contributed by atoms with E-state index in [0.717, 1.165) is 20.3 Å². The molecule has 0 saturated heterocycles. The van der Waals surface area contributed by atoms with E-state index in [0.29, 0.717) is 0 Å². The SMILES string of the molecule is CSc1ccc([C@@H](C)NC(=O)CN(Cc2c(F)cccc2Cl)S(=O)(=O)c2ccc(C)cc2)cc1. The first kappa shape index (κ1) is 26.2. The predicted molar refractivity (Wildman–Crippen MR) is 135 cm³/mol. The van der Waals surface area contributed by atoms with Crippen molar-refractivity contribution < 1.29 is 17.6 Å². The highest BCUT2D eigenvalue weighted by molar-refractivity contribution is 7.98. The van der Waals surface area contributed by atoms with Crippen LogP contribution >= 0.6 is 23.4 Å². The van der Waals surface area contributed by atoms with E-state index in [1.807, 2.05) is 44.4 Å². The number of hydrogen-bond donors (Lipinski definition) is 1. The van der Waals surface area contributed by atoms with E-state index in [1.54, 1.807) is 23.9 Å². The highest BCUT2D eigenvalue weighted by Crippen LogP contribution is 2.25. The Bertz CT molecular complexity index is 1230. The molecule has 1 atom stereocenters. The van der Waals surface area contributed by atoms with Gasteiger partial charge in [-0.3, -0.25) is 4.79 Å². The number of nitrogens with zero attached hydrogens (tertiary/aromatic N) is 1. The molecular formula is C25H26ClFN2O3S2. The maximum absolute atomic E-state index is 14.5. The van der Waals surface area contributed by atoms with Crippen LogP contribution in [0, 0.1) is 12.7 Å². The number of halogens is 2. The van der Waals surface area contributed by atoms with Gasteiger partial charge in [0, 0.05) is 22.0 Å². The normalized spacial score (nSPS) is 12.5. The van der Waals surface area contributed by atoms with Crippen molar-refractivity contribution in [1.82, 2.24) is 9.62 Å². The number of nitrogens with one attached hydrogen (secondary N) is 1. The molecular weight excluding hydrogens is 495 g/mol. The van der Waals surface area contributed by atoms with Gasteiger partial charge in [0.1, 0.15) is 5.82 Å². The summed E-state index contributed by atoms with van der Waals surface area (Å²) in [5.74, 6) is -1.15. The lowest BCUT2D eigenvalue weighted by Crippen LogP contribution is -2.41. The Labute approximate surface area is 209 Å². The van der Waals surface area contributed by atoms with Crippen LogP contribution in [0.1, 0.15) is 29.7 Å². The van der Waals surface area contributed by atoms with Crippen molar-refractivity contribution in [1.29, 1.82) is 0 Å². The number of benzene rings is 3. The van der Waals surface area contributed by atoms with Gasteiger partial charge in [-0.15, -0.1) is 11.8 Å². The van der Waals surface area contributed by atoms with E-state index in [-0.39, 0.29) is 28.1 Å². The highest BCUT2D eigenvalue weighted by atomic mass is 35.5. The molecule has 0 aliphatic heterocycles. The van der Waals surface area contributed by atoms with Crippen LogP contribution in [-0.2, 0) is 21.4 Å². The quantitative estimate of drug-likeness (QED) is 0.374. The lowest BCUT2D eigenvalue weighted by atomic mass is 10.1. The predicted octanol–water partition coefficient (Wildman–Crippen LogP) is 5.58. The van der Waals surface area contributed by atoms with Crippen molar-refractivity contribution >= 4 is 39.3 Å². The maximum Gasteiger partial charge on any atom is 0.243 e. The standard InChI is InChI=1S/C25H26ClFN2O3S2/c1-17-7-13-21(14-8-17)34(31,32)29(15-22-23(26)5-4-6-24(22)27)16-25(30)28-18(2)19-9-11-20(33-3)12-10-19/h4-14,18H,15-16H2,1-3H3,(H,28,30)/t18-/m1/s1. The molecule has 3 aromatic rings. The third-order valence-electron chi connectivity index (χ3n) is 5.37. The number of rotatable bonds is 9.